The molecule has 1 aromatic heterocycles. The zero-order valence-electron chi connectivity index (χ0n) is 16.5. The quantitative estimate of drug-likeness (QED) is 0.624. The van der Waals surface area contributed by atoms with Gasteiger partial charge in [-0.25, -0.2) is 4.98 Å². The molecule has 5 heteroatoms. The number of fused-ring (bicyclic) bond motifs is 1. The molecule has 0 bridgehead atoms. The Morgan fingerprint density at radius 2 is 1.86 bits per heavy atom. The number of thioether (sulfide) groups is 1. The van der Waals surface area contributed by atoms with Crippen LogP contribution in [-0.4, -0.2) is 16.6 Å². The smallest absolute Gasteiger partial charge is 0.230 e. The summed E-state index contributed by atoms with van der Waals surface area (Å²) in [6, 6.07) is 16.4. The second-order valence-electron chi connectivity index (χ2n) is 6.89. The van der Waals surface area contributed by atoms with E-state index in [-0.39, 0.29) is 17.7 Å². The van der Waals surface area contributed by atoms with Gasteiger partial charge in [0.1, 0.15) is 11.1 Å². The van der Waals surface area contributed by atoms with Crippen LogP contribution in [0.3, 0.4) is 0 Å². The lowest BCUT2D eigenvalue weighted by Crippen LogP contribution is -2.28. The number of nitriles is 1. The Kier molecular flexibility index (Phi) is 6.01. The summed E-state index contributed by atoms with van der Waals surface area (Å²) in [5.74, 6) is 0.144. The van der Waals surface area contributed by atoms with Crippen molar-refractivity contribution in [2.45, 2.75) is 38.8 Å². The minimum absolute atomic E-state index is 0.0768. The highest BCUT2D eigenvalue weighted by atomic mass is 32.2. The summed E-state index contributed by atoms with van der Waals surface area (Å²) in [4.78, 5) is 17.0. The monoisotopic (exact) mass is 389 g/mol. The van der Waals surface area contributed by atoms with Crippen molar-refractivity contribution in [3.63, 3.8) is 0 Å². The summed E-state index contributed by atoms with van der Waals surface area (Å²) in [5, 5.41) is 15.5. The number of aryl methyl sites for hydroxylation is 1. The van der Waals surface area contributed by atoms with Gasteiger partial charge < -0.3 is 5.32 Å². The molecule has 3 rings (SSSR count). The van der Waals surface area contributed by atoms with Crippen molar-refractivity contribution >= 4 is 28.4 Å². The summed E-state index contributed by atoms with van der Waals surface area (Å²) < 4.78 is 0. The highest BCUT2D eigenvalue weighted by Gasteiger charge is 2.16. The van der Waals surface area contributed by atoms with E-state index in [4.69, 9.17) is 0 Å². The number of nitrogens with zero attached hydrogens (tertiary/aromatic N) is 2. The van der Waals surface area contributed by atoms with Crippen LogP contribution < -0.4 is 5.32 Å². The standard InChI is InChI=1S/C23H23N3OS/c1-14-15(2)21(12-24)23(26-16(14)3)28-13-22(27)25-17(4)19-11-7-9-18-8-5-6-10-20(18)19/h5-11,17H,13H2,1-4H3,(H,25,27)/t17-/m1/s1. The number of aromatic nitrogens is 1. The van der Waals surface area contributed by atoms with E-state index in [0.717, 1.165) is 33.2 Å². The van der Waals surface area contributed by atoms with Crippen LogP contribution in [0.15, 0.2) is 47.5 Å². The highest BCUT2D eigenvalue weighted by molar-refractivity contribution is 8.00. The molecule has 0 saturated heterocycles. The third-order valence-corrected chi connectivity index (χ3v) is 6.06. The number of hydrogen-bond donors (Lipinski definition) is 1. The van der Waals surface area contributed by atoms with Crippen molar-refractivity contribution < 1.29 is 4.79 Å². The highest BCUT2D eigenvalue weighted by Crippen LogP contribution is 2.27. The third-order valence-electron chi connectivity index (χ3n) is 5.08. The summed E-state index contributed by atoms with van der Waals surface area (Å²) >= 11 is 1.31. The average molecular weight is 390 g/mol. The lowest BCUT2D eigenvalue weighted by Gasteiger charge is -2.17. The summed E-state index contributed by atoms with van der Waals surface area (Å²) in [7, 11) is 0. The first-order valence-electron chi connectivity index (χ1n) is 9.20. The van der Waals surface area contributed by atoms with Crippen molar-refractivity contribution in [3.8, 4) is 6.07 Å². The van der Waals surface area contributed by atoms with E-state index in [1.165, 1.54) is 11.8 Å². The Morgan fingerprint density at radius 3 is 2.61 bits per heavy atom. The van der Waals surface area contributed by atoms with E-state index < -0.39 is 0 Å². The first-order valence-corrected chi connectivity index (χ1v) is 10.2. The molecule has 0 spiro atoms. The lowest BCUT2D eigenvalue weighted by molar-refractivity contribution is -0.119. The summed E-state index contributed by atoms with van der Waals surface area (Å²) in [6.45, 7) is 7.81. The molecule has 0 aliphatic heterocycles. The van der Waals surface area contributed by atoms with Crippen molar-refractivity contribution in [2.75, 3.05) is 5.75 Å². The Balaban J connectivity index is 1.72. The van der Waals surface area contributed by atoms with Crippen LogP contribution in [0, 0.1) is 32.1 Å². The van der Waals surface area contributed by atoms with E-state index in [1.807, 2.05) is 52.0 Å². The molecule has 1 heterocycles. The number of carbonyl (C=O) groups excluding carboxylic acids is 1. The first-order chi connectivity index (χ1) is 13.4. The average Bonchev–Trinajstić information content (AvgIpc) is 2.70. The second kappa shape index (κ2) is 8.45. The fourth-order valence-corrected chi connectivity index (χ4v) is 4.17. The van der Waals surface area contributed by atoms with E-state index >= 15 is 0 Å². The third kappa shape index (κ3) is 4.02. The summed E-state index contributed by atoms with van der Waals surface area (Å²) in [6.07, 6.45) is 0. The van der Waals surface area contributed by atoms with Gasteiger partial charge in [0, 0.05) is 5.69 Å². The number of carbonyl (C=O) groups is 1. The van der Waals surface area contributed by atoms with Crippen LogP contribution in [0.25, 0.3) is 10.8 Å². The molecule has 0 saturated carbocycles. The maximum Gasteiger partial charge on any atom is 0.230 e. The van der Waals surface area contributed by atoms with Crippen molar-refractivity contribution in [3.05, 3.63) is 70.4 Å². The van der Waals surface area contributed by atoms with Gasteiger partial charge >= 0.3 is 0 Å². The van der Waals surface area contributed by atoms with Crippen molar-refractivity contribution in [1.29, 1.82) is 5.26 Å². The molecule has 0 fully saturated rings. The predicted molar refractivity (Wildman–Crippen MR) is 114 cm³/mol. The number of pyridine rings is 1. The van der Waals surface area contributed by atoms with Crippen LogP contribution in [0.4, 0.5) is 0 Å². The number of benzene rings is 2. The van der Waals surface area contributed by atoms with Gasteiger partial charge in [-0.2, -0.15) is 5.26 Å². The van der Waals surface area contributed by atoms with Gasteiger partial charge in [0.25, 0.3) is 0 Å². The number of rotatable bonds is 5. The molecule has 1 amide bonds. The minimum atomic E-state index is -0.107. The van der Waals surface area contributed by atoms with Gasteiger partial charge in [0.2, 0.25) is 5.91 Å². The van der Waals surface area contributed by atoms with Gasteiger partial charge in [-0.1, -0.05) is 54.2 Å². The van der Waals surface area contributed by atoms with E-state index in [2.05, 4.69) is 34.6 Å². The number of hydrogen-bond acceptors (Lipinski definition) is 4. The van der Waals surface area contributed by atoms with Crippen molar-refractivity contribution in [2.24, 2.45) is 0 Å². The zero-order valence-corrected chi connectivity index (χ0v) is 17.4. The van der Waals surface area contributed by atoms with E-state index in [9.17, 15) is 10.1 Å². The normalized spacial score (nSPS) is 11.8. The molecule has 0 aliphatic carbocycles. The lowest BCUT2D eigenvalue weighted by atomic mass is 10.00. The molecule has 0 aliphatic rings. The molecular weight excluding hydrogens is 366 g/mol. The van der Waals surface area contributed by atoms with E-state index in [0.29, 0.717) is 10.6 Å². The molecular formula is C23H23N3OS. The molecule has 28 heavy (non-hydrogen) atoms. The Hall–Kier alpha value is -2.84. The fourth-order valence-electron chi connectivity index (χ4n) is 3.27. The molecule has 0 radical (unpaired) electrons. The largest absolute Gasteiger partial charge is 0.349 e. The van der Waals surface area contributed by atoms with Crippen LogP contribution in [-0.2, 0) is 4.79 Å². The molecule has 2 aromatic carbocycles. The zero-order chi connectivity index (χ0) is 20.3. The van der Waals surface area contributed by atoms with Crippen LogP contribution in [0.1, 0.15) is 40.9 Å². The number of amides is 1. The van der Waals surface area contributed by atoms with E-state index in [1.54, 1.807) is 0 Å². The molecule has 3 aromatic rings. The Morgan fingerprint density at radius 1 is 1.14 bits per heavy atom. The molecule has 0 unspecified atom stereocenters. The summed E-state index contributed by atoms with van der Waals surface area (Å²) in [5.41, 5.74) is 4.50. The molecule has 4 nitrogen and oxygen atoms in total. The maximum atomic E-state index is 12.5. The maximum absolute atomic E-state index is 12.5. The first kappa shape index (κ1) is 19.9. The number of nitrogens with one attached hydrogen (secondary N) is 1. The van der Waals surface area contributed by atoms with Crippen LogP contribution >= 0.6 is 11.8 Å². The SMILES string of the molecule is Cc1nc(SCC(=O)N[C@H](C)c2cccc3ccccc23)c(C#N)c(C)c1C. The van der Waals surface area contributed by atoms with Gasteiger partial charge in [-0.05, 0) is 55.2 Å². The predicted octanol–water partition coefficient (Wildman–Crippen LogP) is 5.00. The Bertz CT molecular complexity index is 1080. The Labute approximate surface area is 170 Å². The topological polar surface area (TPSA) is 65.8 Å². The van der Waals surface area contributed by atoms with Gasteiger partial charge in [0.05, 0.1) is 17.4 Å². The minimum Gasteiger partial charge on any atom is -0.349 e. The molecule has 1 N–H and O–H groups in total. The second-order valence-corrected chi connectivity index (χ2v) is 7.85. The van der Waals surface area contributed by atoms with Crippen LogP contribution in [0.5, 0.6) is 0 Å². The van der Waals surface area contributed by atoms with Crippen molar-refractivity contribution in [1.82, 2.24) is 10.3 Å². The van der Waals surface area contributed by atoms with Gasteiger partial charge in [-0.3, -0.25) is 4.79 Å². The fraction of sp³-hybridized carbons (Fsp3) is 0.261. The van der Waals surface area contributed by atoms with Crippen LogP contribution in [0.2, 0.25) is 0 Å². The van der Waals surface area contributed by atoms with Gasteiger partial charge in [-0.15, -0.1) is 0 Å². The molecule has 1 atom stereocenters. The molecule has 142 valence electrons. The van der Waals surface area contributed by atoms with Gasteiger partial charge in [0.15, 0.2) is 0 Å².